The maximum absolute atomic E-state index is 11.3. The van der Waals surface area contributed by atoms with E-state index in [1.54, 1.807) is 18.2 Å². The van der Waals surface area contributed by atoms with Crippen molar-refractivity contribution < 1.29 is 9.53 Å². The van der Waals surface area contributed by atoms with Crippen molar-refractivity contribution in [3.8, 4) is 5.75 Å². The van der Waals surface area contributed by atoms with Crippen molar-refractivity contribution in [2.75, 3.05) is 18.9 Å². The van der Waals surface area contributed by atoms with E-state index in [-0.39, 0.29) is 12.5 Å². The number of amides is 1. The summed E-state index contributed by atoms with van der Waals surface area (Å²) >= 11 is 5.83. The molecule has 0 unspecified atom stereocenters. The van der Waals surface area contributed by atoms with Crippen LogP contribution in [0.5, 0.6) is 5.75 Å². The van der Waals surface area contributed by atoms with Crippen LogP contribution in [0.25, 0.3) is 0 Å². The lowest BCUT2D eigenvalue weighted by Gasteiger charge is -2.08. The van der Waals surface area contributed by atoms with E-state index < -0.39 is 0 Å². The molecule has 0 atom stereocenters. The average molecular weight is 257 g/mol. The van der Waals surface area contributed by atoms with E-state index in [1.165, 1.54) is 0 Å². The highest BCUT2D eigenvalue weighted by Crippen LogP contribution is 2.23. The van der Waals surface area contributed by atoms with Gasteiger partial charge in [-0.1, -0.05) is 24.9 Å². The molecule has 1 aromatic rings. The van der Waals surface area contributed by atoms with E-state index in [0.717, 1.165) is 12.8 Å². The van der Waals surface area contributed by atoms with Crippen molar-refractivity contribution >= 4 is 23.2 Å². The summed E-state index contributed by atoms with van der Waals surface area (Å²) < 4.78 is 5.28. The highest BCUT2D eigenvalue weighted by molar-refractivity contribution is 6.33. The molecule has 94 valence electrons. The number of ether oxygens (including phenoxy) is 1. The van der Waals surface area contributed by atoms with Gasteiger partial charge in [0.1, 0.15) is 5.75 Å². The van der Waals surface area contributed by atoms with Crippen LogP contribution in [0.3, 0.4) is 0 Å². The third-order valence-corrected chi connectivity index (χ3v) is 2.52. The first-order valence-electron chi connectivity index (χ1n) is 5.58. The van der Waals surface area contributed by atoms with Gasteiger partial charge in [-0.2, -0.15) is 0 Å². The van der Waals surface area contributed by atoms with Gasteiger partial charge in [-0.3, -0.25) is 4.79 Å². The summed E-state index contributed by atoms with van der Waals surface area (Å²) in [7, 11) is 0. The Morgan fingerprint density at radius 2 is 2.29 bits per heavy atom. The zero-order valence-corrected chi connectivity index (χ0v) is 10.6. The Bertz CT molecular complexity index is 383. The minimum atomic E-state index is -0.133. The Morgan fingerprint density at radius 1 is 1.53 bits per heavy atom. The van der Waals surface area contributed by atoms with Crippen LogP contribution in [0, 0.1) is 0 Å². The van der Waals surface area contributed by atoms with Gasteiger partial charge in [0.05, 0.1) is 10.7 Å². The number of carbonyl (C=O) groups is 1. The summed E-state index contributed by atoms with van der Waals surface area (Å²) in [5.41, 5.74) is 6.05. The van der Waals surface area contributed by atoms with Crippen LogP contribution in [0.15, 0.2) is 18.2 Å². The van der Waals surface area contributed by atoms with Gasteiger partial charge >= 0.3 is 0 Å². The van der Waals surface area contributed by atoms with Crippen LogP contribution >= 0.6 is 11.6 Å². The van der Waals surface area contributed by atoms with E-state index in [0.29, 0.717) is 23.0 Å². The number of benzene rings is 1. The third kappa shape index (κ3) is 4.95. The Morgan fingerprint density at radius 3 is 2.94 bits per heavy atom. The summed E-state index contributed by atoms with van der Waals surface area (Å²) in [6, 6.07) is 4.92. The predicted molar refractivity (Wildman–Crippen MR) is 69.3 cm³/mol. The highest BCUT2D eigenvalue weighted by Gasteiger charge is 2.03. The molecule has 3 N–H and O–H groups in total. The number of halogens is 1. The lowest BCUT2D eigenvalue weighted by molar-refractivity contribution is -0.123. The summed E-state index contributed by atoms with van der Waals surface area (Å²) in [4.78, 5) is 11.3. The van der Waals surface area contributed by atoms with Gasteiger partial charge < -0.3 is 15.8 Å². The van der Waals surface area contributed by atoms with Crippen molar-refractivity contribution in [1.82, 2.24) is 5.32 Å². The normalized spacial score (nSPS) is 10.0. The molecule has 17 heavy (non-hydrogen) atoms. The Balaban J connectivity index is 2.34. The standard InChI is InChI=1S/C12H17ClN2O2/c1-2-3-6-15-12(16)8-17-9-4-5-11(14)10(13)7-9/h4-5,7H,2-3,6,8,14H2,1H3,(H,15,16). The molecule has 0 radical (unpaired) electrons. The maximum atomic E-state index is 11.3. The molecule has 5 heteroatoms. The fourth-order valence-electron chi connectivity index (χ4n) is 1.20. The van der Waals surface area contributed by atoms with Crippen molar-refractivity contribution in [1.29, 1.82) is 0 Å². The molecule has 4 nitrogen and oxygen atoms in total. The number of carbonyl (C=O) groups excluding carboxylic acids is 1. The van der Waals surface area contributed by atoms with Gasteiger partial charge in [0.25, 0.3) is 5.91 Å². The molecular formula is C12H17ClN2O2. The maximum Gasteiger partial charge on any atom is 0.257 e. The van der Waals surface area contributed by atoms with Gasteiger partial charge in [0, 0.05) is 12.6 Å². The third-order valence-electron chi connectivity index (χ3n) is 2.19. The summed E-state index contributed by atoms with van der Waals surface area (Å²) in [6.45, 7) is 2.74. The van der Waals surface area contributed by atoms with E-state index in [4.69, 9.17) is 22.1 Å². The molecule has 1 aromatic carbocycles. The zero-order valence-electron chi connectivity index (χ0n) is 9.83. The summed E-state index contributed by atoms with van der Waals surface area (Å²) in [5.74, 6) is 0.404. The smallest absolute Gasteiger partial charge is 0.257 e. The lowest BCUT2D eigenvalue weighted by atomic mass is 10.3. The van der Waals surface area contributed by atoms with E-state index >= 15 is 0 Å². The minimum Gasteiger partial charge on any atom is -0.484 e. The first-order valence-corrected chi connectivity index (χ1v) is 5.95. The van der Waals surface area contributed by atoms with Crippen LogP contribution in [-0.2, 0) is 4.79 Å². The Kier molecular flexibility index (Phi) is 5.63. The monoisotopic (exact) mass is 256 g/mol. The molecule has 0 aliphatic heterocycles. The molecule has 0 saturated heterocycles. The van der Waals surface area contributed by atoms with Crippen molar-refractivity contribution in [3.05, 3.63) is 23.2 Å². The second-order valence-corrected chi connectivity index (χ2v) is 4.08. The topological polar surface area (TPSA) is 64.3 Å². The number of rotatable bonds is 6. The Hall–Kier alpha value is -1.42. The molecule has 0 spiro atoms. The molecular weight excluding hydrogens is 240 g/mol. The molecule has 0 aliphatic rings. The van der Waals surface area contributed by atoms with Crippen LogP contribution in [-0.4, -0.2) is 19.1 Å². The second-order valence-electron chi connectivity index (χ2n) is 3.68. The largest absolute Gasteiger partial charge is 0.484 e. The fourth-order valence-corrected chi connectivity index (χ4v) is 1.37. The SMILES string of the molecule is CCCCNC(=O)COc1ccc(N)c(Cl)c1. The van der Waals surface area contributed by atoms with E-state index in [1.807, 2.05) is 0 Å². The number of nitrogen functional groups attached to an aromatic ring is 1. The molecule has 1 amide bonds. The second kappa shape index (κ2) is 7.01. The van der Waals surface area contributed by atoms with Gasteiger partial charge in [0.15, 0.2) is 6.61 Å². The molecule has 0 fully saturated rings. The quantitative estimate of drug-likeness (QED) is 0.606. The molecule has 0 aliphatic carbocycles. The van der Waals surface area contributed by atoms with Gasteiger partial charge in [0.2, 0.25) is 0 Å². The average Bonchev–Trinajstić information content (AvgIpc) is 2.31. The molecule has 0 saturated carbocycles. The van der Waals surface area contributed by atoms with Crippen LogP contribution < -0.4 is 15.8 Å². The molecule has 1 rings (SSSR count). The predicted octanol–water partition coefficient (Wildman–Crippen LogP) is 2.22. The number of unbranched alkanes of at least 4 members (excludes halogenated alkanes) is 1. The van der Waals surface area contributed by atoms with Crippen LogP contribution in [0.2, 0.25) is 5.02 Å². The van der Waals surface area contributed by atoms with E-state index in [9.17, 15) is 4.79 Å². The molecule has 0 bridgehead atoms. The highest BCUT2D eigenvalue weighted by atomic mass is 35.5. The number of nitrogens with two attached hydrogens (primary N) is 1. The Labute approximate surface area is 106 Å². The van der Waals surface area contributed by atoms with Crippen molar-refractivity contribution in [2.24, 2.45) is 0 Å². The van der Waals surface area contributed by atoms with E-state index in [2.05, 4.69) is 12.2 Å². The van der Waals surface area contributed by atoms with Crippen LogP contribution in [0.4, 0.5) is 5.69 Å². The molecule has 0 aromatic heterocycles. The number of nitrogens with one attached hydrogen (secondary N) is 1. The summed E-state index contributed by atoms with van der Waals surface area (Å²) in [6.07, 6.45) is 2.02. The van der Waals surface area contributed by atoms with Crippen LogP contribution in [0.1, 0.15) is 19.8 Å². The number of anilines is 1. The first kappa shape index (κ1) is 13.6. The fraction of sp³-hybridized carbons (Fsp3) is 0.417. The molecule has 0 heterocycles. The lowest BCUT2D eigenvalue weighted by Crippen LogP contribution is -2.29. The van der Waals surface area contributed by atoms with Gasteiger partial charge in [-0.05, 0) is 18.6 Å². The zero-order chi connectivity index (χ0) is 12.7. The van der Waals surface area contributed by atoms with Gasteiger partial charge in [-0.15, -0.1) is 0 Å². The van der Waals surface area contributed by atoms with Crippen molar-refractivity contribution in [3.63, 3.8) is 0 Å². The number of hydrogen-bond acceptors (Lipinski definition) is 3. The first-order chi connectivity index (χ1) is 8.13. The minimum absolute atomic E-state index is 0.00996. The van der Waals surface area contributed by atoms with Gasteiger partial charge in [-0.25, -0.2) is 0 Å². The van der Waals surface area contributed by atoms with Crippen molar-refractivity contribution in [2.45, 2.75) is 19.8 Å². The number of hydrogen-bond donors (Lipinski definition) is 2. The summed E-state index contributed by atoms with van der Waals surface area (Å²) in [5, 5.41) is 3.18.